The number of hydrogen-bond donors (Lipinski definition) is 1. The average molecular weight is 266 g/mol. The summed E-state index contributed by atoms with van der Waals surface area (Å²) in [7, 11) is -1.54. The fraction of sp³-hybridized carbons (Fsp3) is 0.176. The smallest absolute Gasteiger partial charge is 0.124 e. The summed E-state index contributed by atoms with van der Waals surface area (Å²) in [4.78, 5) is 0. The predicted octanol–water partition coefficient (Wildman–Crippen LogP) is 3.59. The molecule has 2 heteroatoms. The zero-order valence-corrected chi connectivity index (χ0v) is 12.6. The van der Waals surface area contributed by atoms with Gasteiger partial charge in [0, 0.05) is 11.1 Å². The molecule has 0 atom stereocenters. The van der Waals surface area contributed by atoms with Crippen LogP contribution in [0, 0.1) is 12.3 Å². The number of rotatable bonds is 2. The van der Waals surface area contributed by atoms with Gasteiger partial charge in [-0.3, -0.25) is 0 Å². The third kappa shape index (κ3) is 2.57. The summed E-state index contributed by atoms with van der Waals surface area (Å²) in [6.45, 7) is 6.78. The summed E-state index contributed by atoms with van der Waals surface area (Å²) < 4.78 is 0. The van der Waals surface area contributed by atoms with Crippen LogP contribution < -0.4 is 5.19 Å². The Kier molecular flexibility index (Phi) is 3.50. The fourth-order valence-electron chi connectivity index (χ4n) is 2.26. The summed E-state index contributed by atoms with van der Waals surface area (Å²) in [5.74, 6) is 3.04. The van der Waals surface area contributed by atoms with Crippen molar-refractivity contribution in [3.05, 3.63) is 48.0 Å². The Morgan fingerprint density at radius 2 is 1.63 bits per heavy atom. The molecule has 1 N–H and O–H groups in total. The van der Waals surface area contributed by atoms with Crippen molar-refractivity contribution < 1.29 is 5.11 Å². The molecule has 0 saturated carbocycles. The molecule has 0 unspecified atom stereocenters. The zero-order chi connectivity index (χ0) is 14.0. The second kappa shape index (κ2) is 4.95. The van der Waals surface area contributed by atoms with Crippen LogP contribution in [0.3, 0.4) is 0 Å². The van der Waals surface area contributed by atoms with Gasteiger partial charge in [-0.05, 0) is 16.8 Å². The number of aromatic hydroxyl groups is 1. The minimum Gasteiger partial charge on any atom is -0.507 e. The largest absolute Gasteiger partial charge is 0.507 e. The van der Waals surface area contributed by atoms with Gasteiger partial charge in [0.25, 0.3) is 0 Å². The molecule has 0 aromatic heterocycles. The third-order valence-electron chi connectivity index (χ3n) is 3.20. The summed E-state index contributed by atoms with van der Waals surface area (Å²) in [5.41, 5.74) is 2.58. The molecule has 0 saturated heterocycles. The van der Waals surface area contributed by atoms with E-state index in [4.69, 9.17) is 6.42 Å². The highest BCUT2D eigenvalue weighted by Gasteiger charge is 2.23. The first-order chi connectivity index (χ1) is 8.95. The zero-order valence-electron chi connectivity index (χ0n) is 11.6. The fourth-order valence-corrected chi connectivity index (χ4v) is 3.79. The van der Waals surface area contributed by atoms with Crippen molar-refractivity contribution in [2.45, 2.75) is 19.6 Å². The third-order valence-corrected chi connectivity index (χ3v) is 5.23. The Balaban J connectivity index is 2.78. The Morgan fingerprint density at radius 3 is 2.16 bits per heavy atom. The normalized spacial score (nSPS) is 11.1. The van der Waals surface area contributed by atoms with E-state index in [1.54, 1.807) is 6.07 Å². The van der Waals surface area contributed by atoms with Crippen molar-refractivity contribution in [1.82, 2.24) is 0 Å². The Morgan fingerprint density at radius 1 is 1.00 bits per heavy atom. The lowest BCUT2D eigenvalue weighted by Crippen LogP contribution is -2.39. The number of benzene rings is 2. The molecule has 2 aromatic carbocycles. The first-order valence-electron chi connectivity index (χ1n) is 6.33. The van der Waals surface area contributed by atoms with Crippen molar-refractivity contribution in [3.8, 4) is 29.2 Å². The lowest BCUT2D eigenvalue weighted by molar-refractivity contribution is 0.477. The van der Waals surface area contributed by atoms with Gasteiger partial charge in [-0.25, -0.2) is 0 Å². The molecule has 2 aromatic rings. The van der Waals surface area contributed by atoms with Gasteiger partial charge in [0.2, 0.25) is 0 Å². The van der Waals surface area contributed by atoms with Crippen LogP contribution in [0.15, 0.2) is 42.5 Å². The molecule has 0 radical (unpaired) electrons. The topological polar surface area (TPSA) is 20.2 Å². The highest BCUT2D eigenvalue weighted by molar-refractivity contribution is 6.89. The van der Waals surface area contributed by atoms with Crippen LogP contribution >= 0.6 is 0 Å². The van der Waals surface area contributed by atoms with Gasteiger partial charge in [0.1, 0.15) is 5.75 Å². The van der Waals surface area contributed by atoms with E-state index >= 15 is 0 Å². The maximum atomic E-state index is 10.2. The summed E-state index contributed by atoms with van der Waals surface area (Å²) >= 11 is 0. The van der Waals surface area contributed by atoms with Crippen LogP contribution in [-0.2, 0) is 0 Å². The van der Waals surface area contributed by atoms with Crippen LogP contribution in [0.5, 0.6) is 5.75 Å². The lowest BCUT2D eigenvalue weighted by atomic mass is 9.99. The molecule has 2 rings (SSSR count). The molecule has 0 amide bonds. The van der Waals surface area contributed by atoms with Crippen LogP contribution in [0.4, 0.5) is 0 Å². The molecule has 0 aliphatic carbocycles. The van der Waals surface area contributed by atoms with E-state index < -0.39 is 8.07 Å². The lowest BCUT2D eigenvalue weighted by Gasteiger charge is -2.21. The summed E-state index contributed by atoms with van der Waals surface area (Å²) in [6.07, 6.45) is 5.72. The first kappa shape index (κ1) is 13.4. The maximum absolute atomic E-state index is 10.2. The van der Waals surface area contributed by atoms with E-state index in [-0.39, 0.29) is 5.75 Å². The maximum Gasteiger partial charge on any atom is 0.124 e. The molecule has 0 aliphatic rings. The number of phenolic OH excluding ortho intramolecular Hbond substituents is 1. The quantitative estimate of drug-likeness (QED) is 0.650. The molecule has 0 spiro atoms. The van der Waals surface area contributed by atoms with Gasteiger partial charge in [-0.2, -0.15) is 0 Å². The average Bonchev–Trinajstić information content (AvgIpc) is 2.37. The van der Waals surface area contributed by atoms with Crippen molar-refractivity contribution in [3.63, 3.8) is 0 Å². The summed E-state index contributed by atoms with van der Waals surface area (Å²) in [6, 6.07) is 13.6. The first-order valence-corrected chi connectivity index (χ1v) is 9.83. The Labute approximate surface area is 115 Å². The van der Waals surface area contributed by atoms with Gasteiger partial charge < -0.3 is 5.11 Å². The second-order valence-corrected chi connectivity index (χ2v) is 10.7. The highest BCUT2D eigenvalue weighted by atomic mass is 28.3. The predicted molar refractivity (Wildman–Crippen MR) is 84.5 cm³/mol. The number of hydrogen-bond acceptors (Lipinski definition) is 1. The van der Waals surface area contributed by atoms with E-state index in [1.807, 2.05) is 36.4 Å². The van der Waals surface area contributed by atoms with Gasteiger partial charge in [0.15, 0.2) is 0 Å². The standard InChI is InChI=1S/C17H18OSi/c1-5-14-16(19(2,3)4)12-11-15(18)17(14)13-9-7-6-8-10-13/h1,6-12,18H,2-4H3. The van der Waals surface area contributed by atoms with E-state index in [9.17, 15) is 5.11 Å². The molecule has 0 heterocycles. The minimum atomic E-state index is -1.54. The second-order valence-electron chi connectivity index (χ2n) is 5.64. The Hall–Kier alpha value is -1.98. The van der Waals surface area contributed by atoms with Crippen molar-refractivity contribution in [2.24, 2.45) is 0 Å². The highest BCUT2D eigenvalue weighted by Crippen LogP contribution is 2.32. The molecule has 19 heavy (non-hydrogen) atoms. The van der Waals surface area contributed by atoms with Crippen molar-refractivity contribution >= 4 is 13.3 Å². The van der Waals surface area contributed by atoms with Gasteiger partial charge >= 0.3 is 0 Å². The molecule has 0 fully saturated rings. The van der Waals surface area contributed by atoms with Crippen molar-refractivity contribution in [1.29, 1.82) is 0 Å². The molecule has 96 valence electrons. The van der Waals surface area contributed by atoms with E-state index in [0.29, 0.717) is 0 Å². The van der Waals surface area contributed by atoms with Gasteiger partial charge in [0.05, 0.1) is 8.07 Å². The molecule has 1 nitrogen and oxygen atoms in total. The van der Waals surface area contributed by atoms with Gasteiger partial charge in [-0.15, -0.1) is 6.42 Å². The number of phenols is 1. The van der Waals surface area contributed by atoms with Crippen molar-refractivity contribution in [2.75, 3.05) is 0 Å². The number of terminal acetylenes is 1. The van der Waals surface area contributed by atoms with E-state index in [1.165, 1.54) is 5.19 Å². The SMILES string of the molecule is C#Cc1c([Si](C)(C)C)ccc(O)c1-c1ccccc1. The minimum absolute atomic E-state index is 0.251. The van der Waals surface area contributed by atoms with Crippen LogP contribution in [-0.4, -0.2) is 13.2 Å². The van der Waals surface area contributed by atoms with Gasteiger partial charge in [-0.1, -0.05) is 62.0 Å². The van der Waals surface area contributed by atoms with E-state index in [0.717, 1.165) is 16.7 Å². The van der Waals surface area contributed by atoms with E-state index in [2.05, 4.69) is 25.6 Å². The Bertz CT molecular complexity index is 631. The van der Waals surface area contributed by atoms with Crippen LogP contribution in [0.2, 0.25) is 19.6 Å². The van der Waals surface area contributed by atoms with Crippen LogP contribution in [0.25, 0.3) is 11.1 Å². The summed E-state index contributed by atoms with van der Waals surface area (Å²) in [5, 5.41) is 11.4. The monoisotopic (exact) mass is 266 g/mol. The molecule has 0 bridgehead atoms. The molecule has 0 aliphatic heterocycles. The molecular weight excluding hydrogens is 248 g/mol. The molecular formula is C17H18OSi. The van der Waals surface area contributed by atoms with Crippen LogP contribution in [0.1, 0.15) is 5.56 Å².